The number of nitrogens with zero attached hydrogens (tertiary/aromatic N) is 6. The number of amides is 1. The first-order valence-electron chi connectivity index (χ1n) is 10.0. The van der Waals surface area contributed by atoms with Gasteiger partial charge in [-0.25, -0.2) is 14.6 Å². The average Bonchev–Trinajstić information content (AvgIpc) is 3.21. The second-order valence-electron chi connectivity index (χ2n) is 7.58. The Morgan fingerprint density at radius 3 is 2.63 bits per heavy atom. The van der Waals surface area contributed by atoms with E-state index in [0.717, 1.165) is 30.0 Å². The third-order valence-electron chi connectivity index (χ3n) is 5.71. The Bertz CT molecular complexity index is 1020. The van der Waals surface area contributed by atoms with Crippen LogP contribution in [-0.2, 0) is 24.5 Å². The van der Waals surface area contributed by atoms with Crippen molar-refractivity contribution in [3.8, 4) is 5.75 Å². The van der Waals surface area contributed by atoms with Crippen LogP contribution < -0.4 is 4.74 Å². The monoisotopic (exact) mass is 406 g/mol. The molecule has 2 aromatic heterocycles. The zero-order valence-corrected chi connectivity index (χ0v) is 16.5. The summed E-state index contributed by atoms with van der Waals surface area (Å²) in [5.74, 6) is 0.898. The molecule has 9 nitrogen and oxygen atoms in total. The molecule has 0 aliphatic carbocycles. The van der Waals surface area contributed by atoms with E-state index in [1.54, 1.807) is 23.4 Å². The molecular weight excluding hydrogens is 384 g/mol. The largest absolute Gasteiger partial charge is 0.487 e. The van der Waals surface area contributed by atoms with Crippen LogP contribution in [0.4, 0.5) is 0 Å². The molecular formula is C21H22N6O3. The Balaban J connectivity index is 1.21. The summed E-state index contributed by atoms with van der Waals surface area (Å²) in [6.07, 6.45) is 4.64. The zero-order valence-electron chi connectivity index (χ0n) is 16.5. The summed E-state index contributed by atoms with van der Waals surface area (Å²) in [5.41, 5.74) is 1.42. The van der Waals surface area contributed by atoms with Gasteiger partial charge in [-0.3, -0.25) is 4.79 Å². The second-order valence-corrected chi connectivity index (χ2v) is 7.58. The van der Waals surface area contributed by atoms with Crippen molar-refractivity contribution < 1.29 is 14.3 Å². The minimum absolute atomic E-state index is 0.136. The van der Waals surface area contributed by atoms with Gasteiger partial charge in [-0.15, -0.1) is 5.10 Å². The van der Waals surface area contributed by atoms with Crippen LogP contribution in [0, 0.1) is 0 Å². The summed E-state index contributed by atoms with van der Waals surface area (Å²) in [5, 5.41) is 8.63. The highest BCUT2D eigenvalue weighted by atomic mass is 16.5. The van der Waals surface area contributed by atoms with Crippen molar-refractivity contribution in [3.05, 3.63) is 66.0 Å². The van der Waals surface area contributed by atoms with Crippen molar-refractivity contribution in [2.45, 2.75) is 38.2 Å². The highest BCUT2D eigenvalue weighted by molar-refractivity contribution is 5.90. The third kappa shape index (κ3) is 3.63. The molecule has 5 rings (SSSR count). The van der Waals surface area contributed by atoms with E-state index in [4.69, 9.17) is 9.47 Å². The Morgan fingerprint density at radius 2 is 1.87 bits per heavy atom. The smallest absolute Gasteiger partial charge is 0.291 e. The van der Waals surface area contributed by atoms with Gasteiger partial charge in [-0.05, 0) is 31.0 Å². The van der Waals surface area contributed by atoms with Crippen LogP contribution in [0.5, 0.6) is 5.75 Å². The number of carbonyl (C=O) groups excluding carboxylic acids is 1. The first-order chi connectivity index (χ1) is 14.7. The van der Waals surface area contributed by atoms with Crippen LogP contribution in [0.15, 0.2) is 48.8 Å². The molecule has 2 aliphatic rings. The van der Waals surface area contributed by atoms with Crippen molar-refractivity contribution >= 4 is 5.91 Å². The highest BCUT2D eigenvalue weighted by Crippen LogP contribution is 2.33. The van der Waals surface area contributed by atoms with Gasteiger partial charge in [-0.2, -0.15) is 0 Å². The Labute approximate surface area is 173 Å². The molecule has 154 valence electrons. The molecule has 0 atom stereocenters. The molecule has 1 saturated heterocycles. The normalized spacial score (nSPS) is 17.5. The highest BCUT2D eigenvalue weighted by Gasteiger charge is 2.41. The number of hydrogen-bond donors (Lipinski definition) is 0. The first-order valence-corrected chi connectivity index (χ1v) is 10.0. The quantitative estimate of drug-likeness (QED) is 0.652. The van der Waals surface area contributed by atoms with Gasteiger partial charge in [-0.1, -0.05) is 23.4 Å². The fourth-order valence-electron chi connectivity index (χ4n) is 3.94. The van der Waals surface area contributed by atoms with Crippen LogP contribution in [0.3, 0.4) is 0 Å². The molecule has 0 saturated carbocycles. The molecule has 0 radical (unpaired) electrons. The molecule has 1 amide bonds. The fraction of sp³-hybridized carbons (Fsp3) is 0.381. The molecule has 30 heavy (non-hydrogen) atoms. The van der Waals surface area contributed by atoms with Crippen LogP contribution in [0.25, 0.3) is 0 Å². The number of benzene rings is 1. The molecule has 1 spiro atoms. The van der Waals surface area contributed by atoms with Gasteiger partial charge in [0.2, 0.25) is 5.82 Å². The van der Waals surface area contributed by atoms with Crippen molar-refractivity contribution in [2.24, 2.45) is 0 Å². The Kier molecular flexibility index (Phi) is 4.88. The van der Waals surface area contributed by atoms with Gasteiger partial charge in [0.1, 0.15) is 18.1 Å². The predicted octanol–water partition coefficient (Wildman–Crippen LogP) is 1.85. The van der Waals surface area contributed by atoms with Crippen LogP contribution in [0.2, 0.25) is 0 Å². The van der Waals surface area contributed by atoms with E-state index < -0.39 is 0 Å². The molecule has 0 bridgehead atoms. The van der Waals surface area contributed by atoms with E-state index in [2.05, 4.69) is 20.3 Å². The molecule has 2 aliphatic heterocycles. The minimum Gasteiger partial charge on any atom is -0.487 e. The van der Waals surface area contributed by atoms with E-state index in [0.29, 0.717) is 32.8 Å². The summed E-state index contributed by atoms with van der Waals surface area (Å²) in [6, 6.07) is 11.3. The first kappa shape index (κ1) is 18.7. The lowest BCUT2D eigenvalue weighted by Crippen LogP contribution is -2.52. The lowest BCUT2D eigenvalue weighted by atomic mass is 9.89. The number of hydrogen-bond acceptors (Lipinski definition) is 7. The number of likely N-dealkylation sites (tertiary alicyclic amines) is 1. The molecule has 9 heteroatoms. The van der Waals surface area contributed by atoms with Crippen molar-refractivity contribution in [3.63, 3.8) is 0 Å². The average molecular weight is 406 g/mol. The van der Waals surface area contributed by atoms with Gasteiger partial charge in [0.15, 0.2) is 0 Å². The van der Waals surface area contributed by atoms with E-state index in [1.807, 2.05) is 35.0 Å². The van der Waals surface area contributed by atoms with Crippen LogP contribution in [0.1, 0.15) is 34.8 Å². The maximum Gasteiger partial charge on any atom is 0.291 e. The number of ether oxygens (including phenoxy) is 2. The molecule has 3 aromatic rings. The molecule has 0 N–H and O–H groups in total. The number of fused-ring (bicyclic) bond motifs is 1. The maximum atomic E-state index is 12.6. The van der Waals surface area contributed by atoms with Gasteiger partial charge < -0.3 is 14.4 Å². The van der Waals surface area contributed by atoms with E-state index >= 15 is 0 Å². The van der Waals surface area contributed by atoms with Crippen LogP contribution >= 0.6 is 0 Å². The van der Waals surface area contributed by atoms with Crippen molar-refractivity contribution in [2.75, 3.05) is 13.1 Å². The number of rotatable bonds is 4. The summed E-state index contributed by atoms with van der Waals surface area (Å²) in [7, 11) is 0. The van der Waals surface area contributed by atoms with Crippen LogP contribution in [-0.4, -0.2) is 54.5 Å². The number of carbonyl (C=O) groups is 1. The molecule has 0 unspecified atom stereocenters. The number of aromatic nitrogens is 5. The van der Waals surface area contributed by atoms with Gasteiger partial charge >= 0.3 is 0 Å². The minimum atomic E-state index is -0.327. The predicted molar refractivity (Wildman–Crippen MR) is 105 cm³/mol. The third-order valence-corrected chi connectivity index (χ3v) is 5.71. The zero-order chi connectivity index (χ0) is 20.4. The SMILES string of the molecule is O=C(c1ncccn1)N1CCC2(CC1)Cn1nnc(COc3ccccc3)c1CO2. The van der Waals surface area contributed by atoms with Gasteiger partial charge in [0.05, 0.1) is 24.4 Å². The van der Waals surface area contributed by atoms with Crippen molar-refractivity contribution in [1.82, 2.24) is 29.9 Å². The summed E-state index contributed by atoms with van der Waals surface area (Å²) in [6.45, 7) is 2.63. The number of piperidine rings is 1. The molecule has 4 heterocycles. The summed E-state index contributed by atoms with van der Waals surface area (Å²) < 4.78 is 14.0. The summed E-state index contributed by atoms with van der Waals surface area (Å²) >= 11 is 0. The maximum absolute atomic E-state index is 12.6. The second kappa shape index (κ2) is 7.83. The van der Waals surface area contributed by atoms with E-state index in [1.165, 1.54) is 0 Å². The van der Waals surface area contributed by atoms with Gasteiger partial charge in [0, 0.05) is 25.5 Å². The van der Waals surface area contributed by atoms with E-state index in [9.17, 15) is 4.79 Å². The summed E-state index contributed by atoms with van der Waals surface area (Å²) in [4.78, 5) is 22.5. The molecule has 1 fully saturated rings. The Morgan fingerprint density at radius 1 is 1.10 bits per heavy atom. The van der Waals surface area contributed by atoms with Crippen molar-refractivity contribution in [1.29, 1.82) is 0 Å². The lowest BCUT2D eigenvalue weighted by Gasteiger charge is -2.43. The molecule has 1 aromatic carbocycles. The van der Waals surface area contributed by atoms with Gasteiger partial charge in [0.25, 0.3) is 5.91 Å². The Hall–Kier alpha value is -3.33. The number of para-hydroxylation sites is 1. The fourth-order valence-corrected chi connectivity index (χ4v) is 3.94. The lowest BCUT2D eigenvalue weighted by molar-refractivity contribution is -0.120. The van der Waals surface area contributed by atoms with E-state index in [-0.39, 0.29) is 17.3 Å². The topological polar surface area (TPSA) is 95.3 Å². The standard InChI is InChI=1S/C21H22N6O3/c28-20(19-22-9-4-10-23-19)26-11-7-21(8-12-26)15-27-18(14-30-21)17(24-25-27)13-29-16-5-2-1-3-6-16/h1-6,9-10H,7-8,11-15H2.